The topological polar surface area (TPSA) is 97.3 Å². The Bertz CT molecular complexity index is 1510. The van der Waals surface area contributed by atoms with E-state index in [4.69, 9.17) is 16.3 Å². The first-order valence-corrected chi connectivity index (χ1v) is 14.3. The van der Waals surface area contributed by atoms with Crippen molar-refractivity contribution in [1.82, 2.24) is 25.5 Å². The molecule has 2 amide bonds. The molecule has 9 heteroatoms. The Labute approximate surface area is 247 Å². The predicted molar refractivity (Wildman–Crippen MR) is 164 cm³/mol. The van der Waals surface area contributed by atoms with Crippen LogP contribution in [-0.4, -0.2) is 46.2 Å². The number of fused-ring (bicyclic) bond motifs is 1. The molecule has 41 heavy (non-hydrogen) atoms. The average molecular weight is 578 g/mol. The highest BCUT2D eigenvalue weighted by Crippen LogP contribution is 2.41. The van der Waals surface area contributed by atoms with Crippen molar-refractivity contribution < 1.29 is 14.3 Å². The predicted octanol–water partition coefficient (Wildman–Crippen LogP) is 5.37. The summed E-state index contributed by atoms with van der Waals surface area (Å²) in [5.41, 5.74) is 4.32. The second-order valence-corrected chi connectivity index (χ2v) is 12.1. The molecule has 0 spiro atoms. The fourth-order valence-corrected chi connectivity index (χ4v) is 5.40. The Hall–Kier alpha value is -3.62. The number of dihydropyridines is 1. The van der Waals surface area contributed by atoms with Crippen molar-refractivity contribution in [1.29, 1.82) is 0 Å². The van der Waals surface area contributed by atoms with E-state index < -0.39 is 11.5 Å². The minimum atomic E-state index is -0.690. The number of halogens is 1. The van der Waals surface area contributed by atoms with Gasteiger partial charge in [0.2, 0.25) is 11.8 Å². The van der Waals surface area contributed by atoms with E-state index in [0.717, 1.165) is 16.9 Å². The zero-order valence-electron chi connectivity index (χ0n) is 24.9. The van der Waals surface area contributed by atoms with Crippen LogP contribution in [-0.2, 0) is 20.9 Å². The van der Waals surface area contributed by atoms with Crippen LogP contribution in [0, 0.1) is 6.92 Å². The lowest BCUT2D eigenvalue weighted by molar-refractivity contribution is -0.119. The zero-order chi connectivity index (χ0) is 29.9. The first kappa shape index (κ1) is 30.3. The van der Waals surface area contributed by atoms with Crippen LogP contribution in [0.3, 0.4) is 0 Å². The number of hydrogen-bond donors (Lipinski definition) is 3. The number of aryl methyl sites for hydroxylation is 1. The molecule has 2 aromatic carbocycles. The van der Waals surface area contributed by atoms with Gasteiger partial charge in [0.25, 0.3) is 0 Å². The number of carbonyl (C=O) groups is 2. The van der Waals surface area contributed by atoms with Crippen molar-refractivity contribution in [3.05, 3.63) is 87.5 Å². The number of allylic oxidation sites excluding steroid dienone is 1. The maximum absolute atomic E-state index is 13.8. The summed E-state index contributed by atoms with van der Waals surface area (Å²) in [4.78, 5) is 32.1. The largest absolute Gasteiger partial charge is 0.373 e. The highest BCUT2D eigenvalue weighted by atomic mass is 35.5. The number of nitrogens with one attached hydrogen (secondary N) is 3. The molecule has 0 fully saturated rings. The molecular formula is C32H40ClN5O3. The normalized spacial score (nSPS) is 15.9. The number of rotatable bonds is 9. The molecule has 4 rings (SSSR count). The summed E-state index contributed by atoms with van der Waals surface area (Å²) in [6.45, 7) is 14.6. The number of ether oxygens (including phenoxy) is 1. The van der Waals surface area contributed by atoms with Crippen LogP contribution in [0.5, 0.6) is 0 Å². The number of imidazole rings is 1. The zero-order valence-corrected chi connectivity index (χ0v) is 25.6. The maximum atomic E-state index is 13.8. The van der Waals surface area contributed by atoms with E-state index >= 15 is 0 Å². The Morgan fingerprint density at radius 2 is 1.73 bits per heavy atom. The first-order chi connectivity index (χ1) is 19.4. The van der Waals surface area contributed by atoms with Crippen LogP contribution in [0.25, 0.3) is 11.0 Å². The molecule has 0 saturated carbocycles. The molecule has 0 aliphatic carbocycles. The third kappa shape index (κ3) is 7.00. The summed E-state index contributed by atoms with van der Waals surface area (Å²) < 4.78 is 8.29. The molecule has 0 radical (unpaired) electrons. The number of hydrogen-bond acceptors (Lipinski definition) is 5. The maximum Gasteiger partial charge on any atom is 0.250 e. The summed E-state index contributed by atoms with van der Waals surface area (Å²) in [5.74, 6) is -0.316. The van der Waals surface area contributed by atoms with Gasteiger partial charge in [0.1, 0.15) is 5.82 Å². The van der Waals surface area contributed by atoms with Gasteiger partial charge in [-0.3, -0.25) is 9.59 Å². The van der Waals surface area contributed by atoms with Crippen LogP contribution in [0.4, 0.5) is 0 Å². The third-order valence-corrected chi connectivity index (χ3v) is 7.15. The Morgan fingerprint density at radius 3 is 2.41 bits per heavy atom. The molecule has 3 N–H and O–H groups in total. The van der Waals surface area contributed by atoms with Crippen molar-refractivity contribution in [2.24, 2.45) is 0 Å². The molecule has 2 heterocycles. The van der Waals surface area contributed by atoms with Gasteiger partial charge >= 0.3 is 0 Å². The van der Waals surface area contributed by atoms with Crippen molar-refractivity contribution in [3.63, 3.8) is 0 Å². The summed E-state index contributed by atoms with van der Waals surface area (Å²) in [7, 11) is 0. The second-order valence-electron chi connectivity index (χ2n) is 11.7. The molecule has 0 bridgehead atoms. The van der Waals surface area contributed by atoms with Crippen LogP contribution < -0.4 is 16.0 Å². The fraction of sp³-hybridized carbons (Fsp3) is 0.406. The van der Waals surface area contributed by atoms with Crippen LogP contribution >= 0.6 is 11.6 Å². The monoisotopic (exact) mass is 577 g/mol. The molecule has 3 aromatic rings. The number of benzene rings is 2. The van der Waals surface area contributed by atoms with Gasteiger partial charge in [0.15, 0.2) is 0 Å². The first-order valence-electron chi connectivity index (χ1n) is 14.0. The van der Waals surface area contributed by atoms with Gasteiger partial charge in [0, 0.05) is 40.3 Å². The van der Waals surface area contributed by atoms with Crippen LogP contribution in [0.15, 0.2) is 71.1 Å². The number of aromatic nitrogens is 2. The minimum Gasteiger partial charge on any atom is -0.373 e. The molecular weight excluding hydrogens is 538 g/mol. The quantitative estimate of drug-likeness (QED) is 0.297. The second kappa shape index (κ2) is 12.5. The molecule has 1 atom stereocenters. The number of para-hydroxylation sites is 2. The lowest BCUT2D eigenvalue weighted by Gasteiger charge is -2.34. The van der Waals surface area contributed by atoms with Gasteiger partial charge in [-0.25, -0.2) is 4.98 Å². The van der Waals surface area contributed by atoms with E-state index in [9.17, 15) is 9.59 Å². The Kier molecular flexibility index (Phi) is 9.24. The average Bonchev–Trinajstić information content (AvgIpc) is 3.19. The van der Waals surface area contributed by atoms with Crippen molar-refractivity contribution in [3.8, 4) is 0 Å². The molecule has 1 aliphatic rings. The van der Waals surface area contributed by atoms with E-state index in [0.29, 0.717) is 46.3 Å². The minimum absolute atomic E-state index is 0.111. The Morgan fingerprint density at radius 1 is 1.05 bits per heavy atom. The number of nitrogens with zero attached hydrogens (tertiary/aromatic N) is 2. The van der Waals surface area contributed by atoms with E-state index in [1.165, 1.54) is 0 Å². The van der Waals surface area contributed by atoms with Gasteiger partial charge in [0.05, 0.1) is 35.5 Å². The molecule has 0 saturated heterocycles. The van der Waals surface area contributed by atoms with E-state index in [-0.39, 0.29) is 24.5 Å². The standard InChI is InChI=1S/C32H40ClN5O3/c1-19(2)34-30(39)29-25(18-41-17-16-38-21(4)36-24-14-10-11-15-26(24)38)35-20(3)27(31(40)37-32(5,6)7)28(29)22-12-8-9-13-23(22)33/h8-15,19,28,35H,16-18H2,1-7H3,(H,34,39)(H,37,40). The van der Waals surface area contributed by atoms with Crippen LogP contribution in [0.2, 0.25) is 5.02 Å². The highest BCUT2D eigenvalue weighted by molar-refractivity contribution is 6.31. The lowest BCUT2D eigenvalue weighted by atomic mass is 9.79. The Balaban J connectivity index is 1.70. The van der Waals surface area contributed by atoms with Gasteiger partial charge in [-0.2, -0.15) is 0 Å². The van der Waals surface area contributed by atoms with Gasteiger partial charge in [-0.05, 0) is 72.2 Å². The lowest BCUT2D eigenvalue weighted by Crippen LogP contribution is -2.46. The molecule has 218 valence electrons. The van der Waals surface area contributed by atoms with Crippen molar-refractivity contribution in [2.45, 2.75) is 72.5 Å². The molecule has 1 aromatic heterocycles. The number of amides is 2. The van der Waals surface area contributed by atoms with Gasteiger partial charge in [-0.1, -0.05) is 41.9 Å². The van der Waals surface area contributed by atoms with E-state index in [1.54, 1.807) is 6.07 Å². The summed E-state index contributed by atoms with van der Waals surface area (Å²) in [6, 6.07) is 15.2. The molecule has 1 unspecified atom stereocenters. The van der Waals surface area contributed by atoms with Crippen molar-refractivity contribution in [2.75, 3.05) is 13.2 Å². The third-order valence-electron chi connectivity index (χ3n) is 6.81. The molecule has 1 aliphatic heterocycles. The number of carbonyl (C=O) groups excluding carboxylic acids is 2. The molecule has 8 nitrogen and oxygen atoms in total. The van der Waals surface area contributed by atoms with Crippen molar-refractivity contribution >= 4 is 34.4 Å². The SMILES string of the molecule is CC1=C(C(=O)NC(C)(C)C)C(c2ccccc2Cl)C(C(=O)NC(C)C)=C(COCCn2c(C)nc3ccccc32)N1. The van der Waals surface area contributed by atoms with Crippen LogP contribution in [0.1, 0.15) is 58.8 Å². The van der Waals surface area contributed by atoms with E-state index in [2.05, 4.69) is 25.5 Å². The smallest absolute Gasteiger partial charge is 0.250 e. The summed E-state index contributed by atoms with van der Waals surface area (Å²) in [5, 5.41) is 9.91. The summed E-state index contributed by atoms with van der Waals surface area (Å²) >= 11 is 6.71. The highest BCUT2D eigenvalue weighted by Gasteiger charge is 2.39. The van der Waals surface area contributed by atoms with E-state index in [1.807, 2.05) is 90.9 Å². The fourth-order valence-electron chi connectivity index (χ4n) is 5.16. The van der Waals surface area contributed by atoms with Gasteiger partial charge in [-0.15, -0.1) is 0 Å². The summed E-state index contributed by atoms with van der Waals surface area (Å²) in [6.07, 6.45) is 0. The van der Waals surface area contributed by atoms with Gasteiger partial charge < -0.3 is 25.3 Å².